The van der Waals surface area contributed by atoms with Crippen LogP contribution in [0.3, 0.4) is 0 Å². The van der Waals surface area contributed by atoms with E-state index in [-0.39, 0.29) is 11.9 Å². The molecular weight excluding hydrogens is 274 g/mol. The van der Waals surface area contributed by atoms with Gasteiger partial charge >= 0.3 is 0 Å². The lowest BCUT2D eigenvalue weighted by Crippen LogP contribution is -2.51. The van der Waals surface area contributed by atoms with E-state index in [2.05, 4.69) is 15.9 Å². The lowest BCUT2D eigenvalue weighted by molar-refractivity contribution is 0.0205. The molecule has 16 heavy (non-hydrogen) atoms. The van der Waals surface area contributed by atoms with Crippen LogP contribution >= 0.6 is 15.9 Å². The topological polar surface area (TPSA) is 75.7 Å². The second kappa shape index (κ2) is 3.91. The molecule has 0 heterocycles. The molecule has 0 spiro atoms. The Balaban J connectivity index is 2.39. The highest BCUT2D eigenvalue weighted by Crippen LogP contribution is 2.45. The monoisotopic (exact) mass is 287 g/mol. The molecule has 1 fully saturated rings. The van der Waals surface area contributed by atoms with Crippen molar-refractivity contribution in [2.75, 3.05) is 7.11 Å². The summed E-state index contributed by atoms with van der Waals surface area (Å²) in [5.74, 6) is 0.464. The number of nitrogens with two attached hydrogens (primary N) is 1. The Hall–Kier alpha value is -0.780. The molecule has 0 aliphatic heterocycles. The number of halogens is 1. The maximum atomic E-state index is 9.70. The standard InChI is InChI=1S/C11H14BrNO3/c1-16-10-3-8(12)7(2-9(10)15)11(13)4-6(14)5-11/h2-3,6,14-15H,4-5,13H2,1H3. The van der Waals surface area contributed by atoms with Crippen molar-refractivity contribution < 1.29 is 14.9 Å². The molecule has 0 amide bonds. The van der Waals surface area contributed by atoms with Gasteiger partial charge in [0.05, 0.1) is 13.2 Å². The van der Waals surface area contributed by atoms with Gasteiger partial charge in [-0.25, -0.2) is 0 Å². The largest absolute Gasteiger partial charge is 0.504 e. The van der Waals surface area contributed by atoms with Gasteiger partial charge < -0.3 is 20.7 Å². The first-order valence-electron chi connectivity index (χ1n) is 5.00. The van der Waals surface area contributed by atoms with Crippen LogP contribution in [0.2, 0.25) is 0 Å². The Kier molecular flexibility index (Phi) is 2.86. The molecule has 1 saturated carbocycles. The van der Waals surface area contributed by atoms with E-state index < -0.39 is 5.54 Å². The van der Waals surface area contributed by atoms with Crippen molar-refractivity contribution in [2.24, 2.45) is 5.73 Å². The van der Waals surface area contributed by atoms with Gasteiger partial charge in [0.1, 0.15) is 0 Å². The highest BCUT2D eigenvalue weighted by Gasteiger charge is 2.43. The van der Waals surface area contributed by atoms with Gasteiger partial charge in [-0.15, -0.1) is 0 Å². The van der Waals surface area contributed by atoms with Crippen molar-refractivity contribution in [2.45, 2.75) is 24.5 Å². The highest BCUT2D eigenvalue weighted by atomic mass is 79.9. The number of aromatic hydroxyl groups is 1. The maximum absolute atomic E-state index is 9.70. The van der Waals surface area contributed by atoms with Crippen LogP contribution in [0.1, 0.15) is 18.4 Å². The number of hydrogen-bond donors (Lipinski definition) is 3. The first-order valence-corrected chi connectivity index (χ1v) is 5.79. The number of phenols is 1. The van der Waals surface area contributed by atoms with Gasteiger partial charge in [0.2, 0.25) is 0 Å². The van der Waals surface area contributed by atoms with Gasteiger partial charge in [-0.1, -0.05) is 15.9 Å². The molecule has 0 atom stereocenters. The van der Waals surface area contributed by atoms with Crippen LogP contribution < -0.4 is 10.5 Å². The number of methoxy groups -OCH3 is 1. The second-order valence-corrected chi connectivity index (χ2v) is 5.08. The Labute approximate surface area is 102 Å². The average Bonchev–Trinajstić information content (AvgIpc) is 2.18. The molecule has 0 aromatic heterocycles. The molecule has 2 rings (SSSR count). The van der Waals surface area contributed by atoms with Crippen molar-refractivity contribution in [3.05, 3.63) is 22.2 Å². The van der Waals surface area contributed by atoms with Crippen LogP contribution in [0.5, 0.6) is 11.5 Å². The van der Waals surface area contributed by atoms with Gasteiger partial charge in [-0.3, -0.25) is 0 Å². The Morgan fingerprint density at radius 3 is 2.62 bits per heavy atom. The maximum Gasteiger partial charge on any atom is 0.161 e. The number of hydrogen-bond acceptors (Lipinski definition) is 4. The van der Waals surface area contributed by atoms with Crippen LogP contribution in [0.25, 0.3) is 0 Å². The average molecular weight is 288 g/mol. The Morgan fingerprint density at radius 1 is 1.50 bits per heavy atom. The quantitative estimate of drug-likeness (QED) is 0.770. The van der Waals surface area contributed by atoms with E-state index in [1.807, 2.05) is 0 Å². The summed E-state index contributed by atoms with van der Waals surface area (Å²) in [6.45, 7) is 0. The summed E-state index contributed by atoms with van der Waals surface area (Å²) in [5, 5.41) is 19.0. The molecular formula is C11H14BrNO3. The summed E-state index contributed by atoms with van der Waals surface area (Å²) in [4.78, 5) is 0. The molecule has 1 aliphatic carbocycles. The molecule has 0 saturated heterocycles. The van der Waals surface area contributed by atoms with Crippen molar-refractivity contribution in [3.63, 3.8) is 0 Å². The number of rotatable bonds is 2. The van der Waals surface area contributed by atoms with E-state index >= 15 is 0 Å². The molecule has 0 radical (unpaired) electrons. The van der Waals surface area contributed by atoms with Gasteiger partial charge in [0.15, 0.2) is 11.5 Å². The summed E-state index contributed by atoms with van der Waals surface area (Å²) < 4.78 is 5.78. The van der Waals surface area contributed by atoms with Gasteiger partial charge in [0.25, 0.3) is 0 Å². The molecule has 1 aromatic rings. The number of ether oxygens (including phenoxy) is 1. The van der Waals surface area contributed by atoms with Crippen molar-refractivity contribution in [3.8, 4) is 11.5 Å². The third-order valence-corrected chi connectivity index (χ3v) is 3.66. The minimum atomic E-state index is -0.554. The summed E-state index contributed by atoms with van der Waals surface area (Å²) in [5.41, 5.74) is 6.38. The zero-order valence-electron chi connectivity index (χ0n) is 8.90. The fraction of sp³-hybridized carbons (Fsp3) is 0.455. The van der Waals surface area contributed by atoms with E-state index in [1.165, 1.54) is 7.11 Å². The number of phenolic OH excluding ortho intramolecular Hbond substituents is 1. The minimum Gasteiger partial charge on any atom is -0.504 e. The van der Waals surface area contributed by atoms with E-state index in [0.29, 0.717) is 18.6 Å². The van der Waals surface area contributed by atoms with Gasteiger partial charge in [0, 0.05) is 10.0 Å². The normalized spacial score (nSPS) is 28.6. The molecule has 0 bridgehead atoms. The van der Waals surface area contributed by atoms with Crippen LogP contribution in [0.15, 0.2) is 16.6 Å². The second-order valence-electron chi connectivity index (χ2n) is 4.22. The predicted molar refractivity (Wildman–Crippen MR) is 63.5 cm³/mol. The van der Waals surface area contributed by atoms with Crippen LogP contribution in [0.4, 0.5) is 0 Å². The smallest absolute Gasteiger partial charge is 0.161 e. The molecule has 0 unspecified atom stereocenters. The lowest BCUT2D eigenvalue weighted by atomic mass is 9.70. The molecule has 4 N–H and O–H groups in total. The first-order chi connectivity index (χ1) is 7.46. The molecule has 1 aromatic carbocycles. The van der Waals surface area contributed by atoms with Crippen molar-refractivity contribution >= 4 is 15.9 Å². The molecule has 5 heteroatoms. The predicted octanol–water partition coefficient (Wildman–Crippen LogP) is 1.47. The minimum absolute atomic E-state index is 0.0620. The molecule has 4 nitrogen and oxygen atoms in total. The van der Waals surface area contributed by atoms with E-state index in [0.717, 1.165) is 10.0 Å². The summed E-state index contributed by atoms with van der Waals surface area (Å²) in [6, 6.07) is 3.28. The zero-order chi connectivity index (χ0) is 11.9. The Bertz CT molecular complexity index is 416. The lowest BCUT2D eigenvalue weighted by Gasteiger charge is -2.43. The molecule has 88 valence electrons. The van der Waals surface area contributed by atoms with Crippen LogP contribution in [-0.2, 0) is 5.54 Å². The zero-order valence-corrected chi connectivity index (χ0v) is 10.5. The van der Waals surface area contributed by atoms with E-state index in [9.17, 15) is 10.2 Å². The fourth-order valence-corrected chi connectivity index (χ4v) is 2.81. The summed E-state index contributed by atoms with van der Waals surface area (Å²) >= 11 is 3.40. The summed E-state index contributed by atoms with van der Waals surface area (Å²) in [7, 11) is 1.49. The molecule has 1 aliphatic rings. The number of aliphatic hydroxyl groups excluding tert-OH is 1. The number of benzene rings is 1. The number of aliphatic hydroxyl groups is 1. The fourth-order valence-electron chi connectivity index (χ4n) is 2.09. The van der Waals surface area contributed by atoms with Crippen molar-refractivity contribution in [1.29, 1.82) is 0 Å². The van der Waals surface area contributed by atoms with Crippen LogP contribution in [-0.4, -0.2) is 23.4 Å². The SMILES string of the molecule is COc1cc(Br)c(C2(N)CC(O)C2)cc1O. The van der Waals surface area contributed by atoms with Crippen molar-refractivity contribution in [1.82, 2.24) is 0 Å². The summed E-state index contributed by atoms with van der Waals surface area (Å²) in [6.07, 6.45) is 0.676. The highest BCUT2D eigenvalue weighted by molar-refractivity contribution is 9.10. The first kappa shape index (κ1) is 11.7. The third-order valence-electron chi connectivity index (χ3n) is 3.00. The van der Waals surface area contributed by atoms with E-state index in [4.69, 9.17) is 10.5 Å². The van der Waals surface area contributed by atoms with E-state index in [1.54, 1.807) is 12.1 Å². The van der Waals surface area contributed by atoms with Crippen LogP contribution in [0, 0.1) is 0 Å². The Morgan fingerprint density at radius 2 is 2.12 bits per heavy atom. The van der Waals surface area contributed by atoms with Gasteiger partial charge in [-0.05, 0) is 30.5 Å². The third kappa shape index (κ3) is 1.79. The van der Waals surface area contributed by atoms with Gasteiger partial charge in [-0.2, -0.15) is 0 Å².